The molecule has 1 heterocycles. The molecule has 0 amide bonds. The van der Waals surface area contributed by atoms with Crippen molar-refractivity contribution in [1.82, 2.24) is 4.90 Å². The van der Waals surface area contributed by atoms with E-state index < -0.39 is 0 Å². The van der Waals surface area contributed by atoms with E-state index in [1.807, 2.05) is 0 Å². The highest BCUT2D eigenvalue weighted by Crippen LogP contribution is 2.17. The van der Waals surface area contributed by atoms with Gasteiger partial charge < -0.3 is 5.73 Å². The van der Waals surface area contributed by atoms with Gasteiger partial charge in [-0.15, -0.1) is 0 Å². The summed E-state index contributed by atoms with van der Waals surface area (Å²) in [6.07, 6.45) is 2.37. The number of hydrogen-bond acceptors (Lipinski definition) is 2. The van der Waals surface area contributed by atoms with Crippen molar-refractivity contribution >= 4 is 15.9 Å². The topological polar surface area (TPSA) is 29.3 Å². The summed E-state index contributed by atoms with van der Waals surface area (Å²) in [4.78, 5) is 2.38. The highest BCUT2D eigenvalue weighted by atomic mass is 79.9. The lowest BCUT2D eigenvalue weighted by Gasteiger charge is -2.37. The molecule has 2 N–H and O–H groups in total. The van der Waals surface area contributed by atoms with E-state index in [-0.39, 0.29) is 0 Å². The maximum absolute atomic E-state index is 5.96. The molecule has 0 bridgehead atoms. The molecule has 1 rings (SSSR count). The largest absolute Gasteiger partial charge is 0.326 e. The normalized spacial score (nSPS) is 31.9. The molecule has 0 aromatic carbocycles. The summed E-state index contributed by atoms with van der Waals surface area (Å²) >= 11 is 3.38. The van der Waals surface area contributed by atoms with Crippen LogP contribution in [0.4, 0.5) is 0 Å². The third-order valence-corrected chi connectivity index (χ3v) is 2.80. The molecule has 70 valence electrons. The van der Waals surface area contributed by atoms with Gasteiger partial charge in [0.25, 0.3) is 0 Å². The summed E-state index contributed by atoms with van der Waals surface area (Å²) in [6, 6.07) is 0.832. The number of halogens is 1. The lowest BCUT2D eigenvalue weighted by atomic mass is 9.98. The quantitative estimate of drug-likeness (QED) is 0.786. The SMILES string of the molecule is C=C(Br)CN1CCCC(N)C1C. The summed E-state index contributed by atoms with van der Waals surface area (Å²) < 4.78 is 1.04. The average Bonchev–Trinajstić information content (AvgIpc) is 1.98. The first-order valence-electron chi connectivity index (χ1n) is 4.44. The van der Waals surface area contributed by atoms with Crippen molar-refractivity contribution in [2.24, 2.45) is 5.73 Å². The molecule has 1 saturated heterocycles. The Morgan fingerprint density at radius 2 is 2.42 bits per heavy atom. The van der Waals surface area contributed by atoms with Crippen LogP contribution in [0.1, 0.15) is 19.8 Å². The van der Waals surface area contributed by atoms with Crippen LogP contribution in [0.5, 0.6) is 0 Å². The van der Waals surface area contributed by atoms with E-state index in [0.29, 0.717) is 12.1 Å². The van der Waals surface area contributed by atoms with Crippen LogP contribution in [0.2, 0.25) is 0 Å². The van der Waals surface area contributed by atoms with E-state index >= 15 is 0 Å². The van der Waals surface area contributed by atoms with E-state index in [1.54, 1.807) is 0 Å². The number of nitrogens with two attached hydrogens (primary N) is 1. The van der Waals surface area contributed by atoms with Gasteiger partial charge in [0.15, 0.2) is 0 Å². The highest BCUT2D eigenvalue weighted by Gasteiger charge is 2.24. The maximum Gasteiger partial charge on any atom is 0.0297 e. The first kappa shape index (κ1) is 10.2. The van der Waals surface area contributed by atoms with E-state index in [9.17, 15) is 0 Å². The number of likely N-dealkylation sites (tertiary alicyclic amines) is 1. The Morgan fingerprint density at radius 1 is 1.75 bits per heavy atom. The molecule has 1 fully saturated rings. The zero-order chi connectivity index (χ0) is 9.14. The van der Waals surface area contributed by atoms with Gasteiger partial charge in [0.05, 0.1) is 0 Å². The molecule has 0 aromatic heterocycles. The Kier molecular flexibility index (Phi) is 3.75. The van der Waals surface area contributed by atoms with Crippen molar-refractivity contribution in [1.29, 1.82) is 0 Å². The second-order valence-electron chi connectivity index (χ2n) is 3.53. The fourth-order valence-corrected chi connectivity index (χ4v) is 2.01. The second kappa shape index (κ2) is 4.40. The van der Waals surface area contributed by atoms with Gasteiger partial charge in [-0.2, -0.15) is 0 Å². The first-order chi connectivity index (χ1) is 5.61. The minimum absolute atomic E-state index is 0.339. The Bertz CT molecular complexity index is 170. The van der Waals surface area contributed by atoms with Gasteiger partial charge in [0, 0.05) is 23.1 Å². The molecular formula is C9H17BrN2. The molecule has 12 heavy (non-hydrogen) atoms. The number of rotatable bonds is 2. The third kappa shape index (κ3) is 2.57. The van der Waals surface area contributed by atoms with Crippen molar-refractivity contribution in [2.45, 2.75) is 31.8 Å². The molecule has 0 aliphatic carbocycles. The van der Waals surface area contributed by atoms with Crippen LogP contribution < -0.4 is 5.73 Å². The van der Waals surface area contributed by atoms with E-state index in [4.69, 9.17) is 5.73 Å². The molecular weight excluding hydrogens is 216 g/mol. The smallest absolute Gasteiger partial charge is 0.0297 e. The van der Waals surface area contributed by atoms with E-state index in [2.05, 4.69) is 34.3 Å². The Hall–Kier alpha value is 0.140. The predicted molar refractivity (Wildman–Crippen MR) is 56.3 cm³/mol. The average molecular weight is 233 g/mol. The minimum Gasteiger partial charge on any atom is -0.326 e. The fourth-order valence-electron chi connectivity index (χ4n) is 1.69. The summed E-state index contributed by atoms with van der Waals surface area (Å²) in [6.45, 7) is 8.11. The van der Waals surface area contributed by atoms with Crippen molar-refractivity contribution < 1.29 is 0 Å². The molecule has 0 radical (unpaired) electrons. The second-order valence-corrected chi connectivity index (χ2v) is 4.66. The van der Waals surface area contributed by atoms with Gasteiger partial charge >= 0.3 is 0 Å². The lowest BCUT2D eigenvalue weighted by Crippen LogP contribution is -2.50. The summed E-state index contributed by atoms with van der Waals surface area (Å²) in [5.74, 6) is 0. The van der Waals surface area contributed by atoms with Crippen LogP contribution in [0.3, 0.4) is 0 Å². The van der Waals surface area contributed by atoms with Crippen molar-refractivity contribution in [3.63, 3.8) is 0 Å². The Morgan fingerprint density at radius 3 is 3.00 bits per heavy atom. The van der Waals surface area contributed by atoms with Gasteiger partial charge in [-0.25, -0.2) is 0 Å². The van der Waals surface area contributed by atoms with Crippen LogP contribution >= 0.6 is 15.9 Å². The van der Waals surface area contributed by atoms with Gasteiger partial charge in [0.1, 0.15) is 0 Å². The number of hydrogen-bond donors (Lipinski definition) is 1. The molecule has 1 aliphatic heterocycles. The number of nitrogens with zero attached hydrogens (tertiary/aromatic N) is 1. The zero-order valence-electron chi connectivity index (χ0n) is 7.59. The summed E-state index contributed by atoms with van der Waals surface area (Å²) in [5.41, 5.74) is 5.96. The van der Waals surface area contributed by atoms with Crippen LogP contribution in [0.15, 0.2) is 11.1 Å². The van der Waals surface area contributed by atoms with E-state index in [0.717, 1.165) is 24.0 Å². The van der Waals surface area contributed by atoms with Crippen LogP contribution in [0.25, 0.3) is 0 Å². The molecule has 2 nitrogen and oxygen atoms in total. The molecule has 3 heteroatoms. The minimum atomic E-state index is 0.339. The molecule has 0 aromatic rings. The summed E-state index contributed by atoms with van der Waals surface area (Å²) in [5, 5.41) is 0. The molecule has 0 spiro atoms. The fraction of sp³-hybridized carbons (Fsp3) is 0.778. The van der Waals surface area contributed by atoms with Crippen molar-refractivity contribution in [2.75, 3.05) is 13.1 Å². The van der Waals surface area contributed by atoms with Crippen molar-refractivity contribution in [3.05, 3.63) is 11.1 Å². The van der Waals surface area contributed by atoms with Crippen molar-refractivity contribution in [3.8, 4) is 0 Å². The van der Waals surface area contributed by atoms with Crippen LogP contribution in [-0.4, -0.2) is 30.1 Å². The lowest BCUT2D eigenvalue weighted by molar-refractivity contribution is 0.156. The predicted octanol–water partition coefficient (Wildman–Crippen LogP) is 1.71. The summed E-state index contributed by atoms with van der Waals surface area (Å²) in [7, 11) is 0. The highest BCUT2D eigenvalue weighted by molar-refractivity contribution is 9.11. The molecule has 2 atom stereocenters. The molecule has 1 aliphatic rings. The van der Waals surface area contributed by atoms with E-state index in [1.165, 1.54) is 6.42 Å². The third-order valence-electron chi connectivity index (χ3n) is 2.55. The molecule has 0 saturated carbocycles. The van der Waals surface area contributed by atoms with Crippen LogP contribution in [0, 0.1) is 0 Å². The Labute approximate surface area is 82.9 Å². The standard InChI is InChI=1S/C9H17BrN2/c1-7(10)6-12-5-3-4-9(11)8(12)2/h8-9H,1,3-6,11H2,2H3. The van der Waals surface area contributed by atoms with Gasteiger partial charge in [-0.1, -0.05) is 22.5 Å². The van der Waals surface area contributed by atoms with Gasteiger partial charge in [-0.3, -0.25) is 4.90 Å². The Balaban J connectivity index is 2.46. The monoisotopic (exact) mass is 232 g/mol. The van der Waals surface area contributed by atoms with Crippen LogP contribution in [-0.2, 0) is 0 Å². The van der Waals surface area contributed by atoms with Gasteiger partial charge in [0.2, 0.25) is 0 Å². The molecule has 2 unspecified atom stereocenters. The van der Waals surface area contributed by atoms with Gasteiger partial charge in [-0.05, 0) is 26.3 Å². The maximum atomic E-state index is 5.96. The first-order valence-corrected chi connectivity index (χ1v) is 5.23. The number of piperidine rings is 1. The zero-order valence-corrected chi connectivity index (χ0v) is 9.18.